The van der Waals surface area contributed by atoms with Gasteiger partial charge in [0.2, 0.25) is 0 Å². The van der Waals surface area contributed by atoms with Gasteiger partial charge in [-0.15, -0.1) is 0 Å². The Labute approximate surface area is 99.2 Å². The van der Waals surface area contributed by atoms with E-state index in [2.05, 4.69) is 44.3 Å². The van der Waals surface area contributed by atoms with Crippen LogP contribution in [0.1, 0.15) is 39.7 Å². The van der Waals surface area contributed by atoms with Crippen molar-refractivity contribution in [3.05, 3.63) is 18.0 Å². The van der Waals surface area contributed by atoms with Gasteiger partial charge in [-0.05, 0) is 37.8 Å². The highest BCUT2D eigenvalue weighted by Gasteiger charge is 2.11. The average Bonchev–Trinajstić information content (AvgIpc) is 2.65. The molecule has 0 saturated carbocycles. The Morgan fingerprint density at radius 2 is 2.12 bits per heavy atom. The van der Waals surface area contributed by atoms with E-state index in [4.69, 9.17) is 0 Å². The third kappa shape index (κ3) is 4.35. The van der Waals surface area contributed by atoms with Crippen LogP contribution in [0.3, 0.4) is 0 Å². The molecule has 0 aromatic carbocycles. The van der Waals surface area contributed by atoms with Crippen LogP contribution in [0, 0.1) is 5.92 Å². The minimum absolute atomic E-state index is 0.583. The molecule has 0 spiro atoms. The van der Waals surface area contributed by atoms with Crippen LogP contribution in [0.5, 0.6) is 0 Å². The number of nitrogens with one attached hydrogen (secondary N) is 1. The molecule has 1 aromatic rings. The van der Waals surface area contributed by atoms with E-state index in [0.29, 0.717) is 6.04 Å². The van der Waals surface area contributed by atoms with E-state index in [1.807, 2.05) is 10.9 Å². The van der Waals surface area contributed by atoms with Crippen molar-refractivity contribution in [3.63, 3.8) is 0 Å². The lowest BCUT2D eigenvalue weighted by Crippen LogP contribution is -2.32. The van der Waals surface area contributed by atoms with Gasteiger partial charge >= 0.3 is 0 Å². The van der Waals surface area contributed by atoms with Gasteiger partial charge in [-0.3, -0.25) is 4.68 Å². The summed E-state index contributed by atoms with van der Waals surface area (Å²) in [5.41, 5.74) is 1.34. The number of hydrogen-bond acceptors (Lipinski definition) is 2. The van der Waals surface area contributed by atoms with Crippen molar-refractivity contribution in [1.29, 1.82) is 0 Å². The molecule has 0 amide bonds. The average molecular weight is 223 g/mol. The van der Waals surface area contributed by atoms with Gasteiger partial charge in [0.05, 0.1) is 6.20 Å². The molecule has 0 aliphatic heterocycles. The highest BCUT2D eigenvalue weighted by Crippen LogP contribution is 2.10. The van der Waals surface area contributed by atoms with Crippen LogP contribution in [0.4, 0.5) is 0 Å². The van der Waals surface area contributed by atoms with Gasteiger partial charge in [-0.1, -0.05) is 20.8 Å². The molecule has 92 valence electrons. The minimum Gasteiger partial charge on any atom is -0.314 e. The Balaban J connectivity index is 2.52. The van der Waals surface area contributed by atoms with E-state index in [9.17, 15) is 0 Å². The molecule has 0 bridgehead atoms. The van der Waals surface area contributed by atoms with Gasteiger partial charge in [0.15, 0.2) is 0 Å². The normalized spacial score (nSPS) is 13.3. The van der Waals surface area contributed by atoms with Crippen LogP contribution >= 0.6 is 0 Å². The van der Waals surface area contributed by atoms with Crippen molar-refractivity contribution in [1.82, 2.24) is 15.1 Å². The maximum atomic E-state index is 4.32. The van der Waals surface area contributed by atoms with Crippen molar-refractivity contribution in [3.8, 4) is 0 Å². The molecule has 3 nitrogen and oxygen atoms in total. The summed E-state index contributed by atoms with van der Waals surface area (Å²) in [5.74, 6) is 0.741. The van der Waals surface area contributed by atoms with Crippen molar-refractivity contribution in [2.24, 2.45) is 5.92 Å². The lowest BCUT2D eigenvalue weighted by molar-refractivity contribution is 0.423. The molecule has 3 heteroatoms. The van der Waals surface area contributed by atoms with Crippen LogP contribution in [0.2, 0.25) is 0 Å². The predicted octanol–water partition coefficient (Wildman–Crippen LogP) is 2.47. The van der Waals surface area contributed by atoms with Crippen LogP contribution < -0.4 is 5.32 Å². The van der Waals surface area contributed by atoms with Crippen LogP contribution in [-0.4, -0.2) is 22.4 Å². The number of hydrogen-bond donors (Lipinski definition) is 1. The lowest BCUT2D eigenvalue weighted by Gasteiger charge is -2.19. The zero-order valence-electron chi connectivity index (χ0n) is 11.0. The monoisotopic (exact) mass is 223 g/mol. The molecular formula is C13H25N3. The fourth-order valence-corrected chi connectivity index (χ4v) is 2.07. The third-order valence-corrected chi connectivity index (χ3v) is 2.74. The topological polar surface area (TPSA) is 29.9 Å². The third-order valence-electron chi connectivity index (χ3n) is 2.74. The van der Waals surface area contributed by atoms with Crippen molar-refractivity contribution in [2.75, 3.05) is 6.54 Å². The molecule has 0 aliphatic carbocycles. The SMILES string of the molecule is CCNC(Cc1cnn(CC)c1)CC(C)C. The first-order chi connectivity index (χ1) is 7.65. The Hall–Kier alpha value is -0.830. The molecule has 0 fully saturated rings. The van der Waals surface area contributed by atoms with E-state index in [-0.39, 0.29) is 0 Å². The second-order valence-electron chi connectivity index (χ2n) is 4.79. The standard InChI is InChI=1S/C13H25N3/c1-5-14-13(7-11(3)4)8-12-9-15-16(6-2)10-12/h9-11,13-14H,5-8H2,1-4H3. The summed E-state index contributed by atoms with van der Waals surface area (Å²) < 4.78 is 1.99. The fourth-order valence-electron chi connectivity index (χ4n) is 2.07. The van der Waals surface area contributed by atoms with E-state index < -0.39 is 0 Å². The summed E-state index contributed by atoms with van der Waals surface area (Å²) in [6.45, 7) is 10.8. The smallest absolute Gasteiger partial charge is 0.0522 e. The van der Waals surface area contributed by atoms with E-state index in [1.54, 1.807) is 0 Å². The number of aryl methyl sites for hydroxylation is 1. The molecule has 1 N–H and O–H groups in total. The fraction of sp³-hybridized carbons (Fsp3) is 0.769. The first-order valence-corrected chi connectivity index (χ1v) is 6.40. The summed E-state index contributed by atoms with van der Waals surface area (Å²) in [7, 11) is 0. The Morgan fingerprint density at radius 1 is 1.38 bits per heavy atom. The van der Waals surface area contributed by atoms with Gasteiger partial charge in [0.1, 0.15) is 0 Å². The predicted molar refractivity (Wildman–Crippen MR) is 68.5 cm³/mol. The molecule has 0 aliphatic rings. The first kappa shape index (κ1) is 13.2. The molecule has 1 heterocycles. The Morgan fingerprint density at radius 3 is 2.62 bits per heavy atom. The zero-order chi connectivity index (χ0) is 12.0. The van der Waals surface area contributed by atoms with Gasteiger partial charge in [0, 0.05) is 18.8 Å². The van der Waals surface area contributed by atoms with Crippen LogP contribution in [-0.2, 0) is 13.0 Å². The van der Waals surface area contributed by atoms with Crippen molar-refractivity contribution >= 4 is 0 Å². The largest absolute Gasteiger partial charge is 0.314 e. The Bertz CT molecular complexity index is 291. The second kappa shape index (κ2) is 6.69. The van der Waals surface area contributed by atoms with Gasteiger partial charge in [-0.25, -0.2) is 0 Å². The molecule has 16 heavy (non-hydrogen) atoms. The summed E-state index contributed by atoms with van der Waals surface area (Å²) in [6, 6.07) is 0.583. The van der Waals surface area contributed by atoms with Crippen molar-refractivity contribution < 1.29 is 0 Å². The second-order valence-corrected chi connectivity index (χ2v) is 4.79. The quantitative estimate of drug-likeness (QED) is 0.769. The minimum atomic E-state index is 0.583. The summed E-state index contributed by atoms with van der Waals surface area (Å²) in [4.78, 5) is 0. The van der Waals surface area contributed by atoms with E-state index in [0.717, 1.165) is 25.4 Å². The summed E-state index contributed by atoms with van der Waals surface area (Å²) in [6.07, 6.45) is 6.47. The molecule has 1 unspecified atom stereocenters. The first-order valence-electron chi connectivity index (χ1n) is 6.40. The molecule has 0 radical (unpaired) electrons. The van der Waals surface area contributed by atoms with Crippen molar-refractivity contribution in [2.45, 2.75) is 53.1 Å². The molecule has 1 atom stereocenters. The summed E-state index contributed by atoms with van der Waals surface area (Å²) >= 11 is 0. The highest BCUT2D eigenvalue weighted by molar-refractivity contribution is 5.06. The lowest BCUT2D eigenvalue weighted by atomic mass is 9.99. The van der Waals surface area contributed by atoms with E-state index >= 15 is 0 Å². The maximum absolute atomic E-state index is 4.32. The van der Waals surface area contributed by atoms with E-state index in [1.165, 1.54) is 12.0 Å². The van der Waals surface area contributed by atoms with Gasteiger partial charge in [0.25, 0.3) is 0 Å². The number of likely N-dealkylation sites (N-methyl/N-ethyl adjacent to an activating group) is 1. The highest BCUT2D eigenvalue weighted by atomic mass is 15.3. The maximum Gasteiger partial charge on any atom is 0.0522 e. The van der Waals surface area contributed by atoms with Gasteiger partial charge < -0.3 is 5.32 Å². The van der Waals surface area contributed by atoms with Gasteiger partial charge in [-0.2, -0.15) is 5.10 Å². The number of nitrogens with zero attached hydrogens (tertiary/aromatic N) is 2. The Kier molecular flexibility index (Phi) is 5.53. The number of rotatable bonds is 7. The van der Waals surface area contributed by atoms with Crippen LogP contribution in [0.15, 0.2) is 12.4 Å². The number of aromatic nitrogens is 2. The molecule has 1 rings (SSSR count). The van der Waals surface area contributed by atoms with Crippen LogP contribution in [0.25, 0.3) is 0 Å². The zero-order valence-corrected chi connectivity index (χ0v) is 11.0. The molecule has 0 saturated heterocycles. The molecule has 1 aromatic heterocycles. The summed E-state index contributed by atoms with van der Waals surface area (Å²) in [5, 5.41) is 7.87. The molecular weight excluding hydrogens is 198 g/mol.